The average Bonchev–Trinajstić information content (AvgIpc) is 2.12. The first-order valence-electron chi connectivity index (χ1n) is 2.75. The molecular weight excluding hydrogens is 374 g/mol. The number of carbonyl (C=O) groups is 1. The molecule has 0 unspecified atom stereocenters. The zero-order chi connectivity index (χ0) is 9.70. The first kappa shape index (κ1) is 23.0. The number of nitrogens with zero attached hydrogens (tertiary/aromatic N) is 1. The molecule has 0 radical (unpaired) electrons. The minimum atomic E-state index is -0.234. The van der Waals surface area contributed by atoms with Crippen molar-refractivity contribution in [1.29, 1.82) is 5.26 Å². The Morgan fingerprint density at radius 1 is 1.67 bits per heavy atom. The fourth-order valence-electron chi connectivity index (χ4n) is 0.233. The van der Waals surface area contributed by atoms with Crippen LogP contribution in [0.15, 0.2) is 0 Å². The van der Waals surface area contributed by atoms with Crippen molar-refractivity contribution in [2.75, 3.05) is 6.61 Å². The van der Waals surface area contributed by atoms with Crippen LogP contribution in [0.4, 0.5) is 0 Å². The summed E-state index contributed by atoms with van der Waals surface area (Å²) in [5.74, 6) is -0.234. The van der Waals surface area contributed by atoms with E-state index in [1.165, 1.54) is 14.8 Å². The molecule has 6 heteroatoms. The van der Waals surface area contributed by atoms with E-state index in [0.29, 0.717) is 6.61 Å². The molecule has 0 aliphatic carbocycles. The summed E-state index contributed by atoms with van der Waals surface area (Å²) in [7, 11) is 0. The quantitative estimate of drug-likeness (QED) is 0.316. The summed E-state index contributed by atoms with van der Waals surface area (Å²) in [5, 5.41) is 6.25. The maximum atomic E-state index is 10.1. The standard InChI is InChI=1S/C5H9O2.CN.Cu.HI.Zn/c1-3-5(6)7-4-2;1-2;;;/h1,3-4H2,2H3;;;1H;/q2*-1;+1;;+2/p-1. The summed E-state index contributed by atoms with van der Waals surface area (Å²) in [6.07, 6.45) is 0.230. The van der Waals surface area contributed by atoms with Crippen molar-refractivity contribution in [3.05, 3.63) is 13.5 Å². The third kappa shape index (κ3) is 30.8. The molecule has 3 nitrogen and oxygen atoms in total. The molecule has 0 saturated carbocycles. The number of ether oxygens (including phenoxy) is 1. The molecule has 0 spiro atoms. The van der Waals surface area contributed by atoms with Gasteiger partial charge in [-0.2, -0.15) is 0 Å². The molecule has 0 saturated heterocycles. The van der Waals surface area contributed by atoms with E-state index >= 15 is 0 Å². The van der Waals surface area contributed by atoms with Gasteiger partial charge in [-0.1, -0.05) is 6.42 Å². The van der Waals surface area contributed by atoms with E-state index in [1.807, 2.05) is 0 Å². The Bertz CT molecular complexity index is 103. The third-order valence-electron chi connectivity index (χ3n) is 0.509. The van der Waals surface area contributed by atoms with Crippen molar-refractivity contribution in [3.8, 4) is 0 Å². The van der Waals surface area contributed by atoms with Gasteiger partial charge >= 0.3 is 51.6 Å². The number of rotatable bonds is 2. The molecule has 0 fully saturated rings. The second kappa shape index (κ2) is 29.7. The Hall–Kier alpha value is 0.833. The fourth-order valence-corrected chi connectivity index (χ4v) is 0.233. The zero-order valence-corrected chi connectivity index (χ0v) is 12.8. The van der Waals surface area contributed by atoms with E-state index in [4.69, 9.17) is 11.8 Å². The van der Waals surface area contributed by atoms with Gasteiger partial charge in [0.1, 0.15) is 0 Å². The number of carbonyl (C=O) groups excluding carboxylic acids is 1. The second-order valence-corrected chi connectivity index (χ2v) is 1.06. The van der Waals surface area contributed by atoms with Crippen molar-refractivity contribution < 1.29 is 41.4 Å². The Morgan fingerprint density at radius 3 is 2.08 bits per heavy atom. The maximum absolute atomic E-state index is 10.1. The molecule has 12 heavy (non-hydrogen) atoms. The molecule has 0 bridgehead atoms. The van der Waals surface area contributed by atoms with Crippen LogP contribution in [-0.2, 0) is 41.4 Å². The van der Waals surface area contributed by atoms with E-state index in [0.717, 1.165) is 0 Å². The second-order valence-electron chi connectivity index (χ2n) is 1.06. The first-order valence-corrected chi connectivity index (χ1v) is 11.8. The van der Waals surface area contributed by atoms with E-state index in [9.17, 15) is 4.79 Å². The van der Waals surface area contributed by atoms with Crippen molar-refractivity contribution in [1.82, 2.24) is 0 Å². The Kier molecular flexibility index (Phi) is 57.1. The first-order chi connectivity index (χ1) is 5.31. The third-order valence-corrected chi connectivity index (χ3v) is 0.509. The monoisotopic (exact) mass is 381 g/mol. The molecule has 0 aromatic carbocycles. The van der Waals surface area contributed by atoms with E-state index in [2.05, 4.69) is 31.4 Å². The Labute approximate surface area is 105 Å². The number of esters is 1. The van der Waals surface area contributed by atoms with E-state index < -0.39 is 0 Å². The molecule has 0 aromatic rings. The normalized spacial score (nSPS) is 5.58. The number of halogens is 1. The van der Waals surface area contributed by atoms with Crippen LogP contribution in [0.1, 0.15) is 13.3 Å². The molecule has 0 heterocycles. The van der Waals surface area contributed by atoms with Gasteiger partial charge in [0, 0.05) is 0 Å². The van der Waals surface area contributed by atoms with Crippen molar-refractivity contribution >= 4 is 25.7 Å². The van der Waals surface area contributed by atoms with Crippen LogP contribution >= 0.6 is 19.8 Å². The van der Waals surface area contributed by atoms with Gasteiger partial charge in [-0.3, -0.25) is 4.79 Å². The topological polar surface area (TPSA) is 50.1 Å². The Balaban J connectivity index is -0.0000000560. The molecule has 0 aliphatic rings. The Morgan fingerprint density at radius 2 is 2.00 bits per heavy atom. The van der Waals surface area contributed by atoms with Gasteiger partial charge in [0.05, 0.1) is 6.61 Å². The van der Waals surface area contributed by atoms with Gasteiger partial charge in [0.15, 0.2) is 0 Å². The molecular formula is C6H9CuINO2Zn. The molecule has 70 valence electrons. The van der Waals surface area contributed by atoms with Crippen molar-refractivity contribution in [2.24, 2.45) is 0 Å². The van der Waals surface area contributed by atoms with Crippen LogP contribution in [0, 0.1) is 18.8 Å². The average molecular weight is 383 g/mol. The van der Waals surface area contributed by atoms with Gasteiger partial charge in [0.25, 0.3) is 5.97 Å². The van der Waals surface area contributed by atoms with Crippen LogP contribution in [0.5, 0.6) is 0 Å². The van der Waals surface area contributed by atoms with Crippen molar-refractivity contribution in [3.63, 3.8) is 0 Å². The van der Waals surface area contributed by atoms with Gasteiger partial charge in [-0.05, 0) is 6.92 Å². The van der Waals surface area contributed by atoms with Gasteiger partial charge in [-0.15, -0.1) is 0 Å². The predicted octanol–water partition coefficient (Wildman–Crippen LogP) is 1.75. The number of hydrogen-bond acceptors (Lipinski definition) is 3. The summed E-state index contributed by atoms with van der Waals surface area (Å²) in [4.78, 5) is 10.1. The van der Waals surface area contributed by atoms with E-state index in [1.54, 1.807) is 6.92 Å². The number of hydrogen-bond donors (Lipinski definition) is 0. The van der Waals surface area contributed by atoms with Crippen molar-refractivity contribution in [2.45, 2.75) is 13.3 Å². The van der Waals surface area contributed by atoms with Crippen LogP contribution in [0.3, 0.4) is 0 Å². The molecule has 0 atom stereocenters. The zero-order valence-electron chi connectivity index (χ0n) is 6.77. The summed E-state index contributed by atoms with van der Waals surface area (Å²) in [6, 6.07) is 0. The van der Waals surface area contributed by atoms with Crippen LogP contribution in [0.2, 0.25) is 0 Å². The van der Waals surface area contributed by atoms with Gasteiger partial charge in [-0.25, -0.2) is 0 Å². The summed E-state index contributed by atoms with van der Waals surface area (Å²) >= 11 is 3.62. The SMILES string of the molecule is [C-]#N.[CH2-]CC(=O)OCC.[Cu+].[Zn+][I]. The molecule has 0 rings (SSSR count). The van der Waals surface area contributed by atoms with Crippen LogP contribution in [-0.4, -0.2) is 12.6 Å². The summed E-state index contributed by atoms with van der Waals surface area (Å²) in [6.45, 7) is 10.3. The van der Waals surface area contributed by atoms with Gasteiger partial charge in [0.2, 0.25) is 0 Å². The summed E-state index contributed by atoms with van der Waals surface area (Å²) in [5.41, 5.74) is 0. The van der Waals surface area contributed by atoms with Crippen LogP contribution < -0.4 is 0 Å². The molecule has 0 N–H and O–H groups in total. The fraction of sp³-hybridized carbons (Fsp3) is 0.500. The minimum absolute atomic E-state index is 0. The molecule has 0 aromatic heterocycles. The van der Waals surface area contributed by atoms with Gasteiger partial charge < -0.3 is 23.5 Å². The van der Waals surface area contributed by atoms with Crippen LogP contribution in [0.25, 0.3) is 0 Å². The molecule has 0 aliphatic heterocycles. The van der Waals surface area contributed by atoms with E-state index in [-0.39, 0.29) is 29.5 Å². The molecule has 0 amide bonds. The summed E-state index contributed by atoms with van der Waals surface area (Å²) < 4.78 is 4.49. The predicted molar refractivity (Wildman–Crippen MR) is 45.6 cm³/mol.